The van der Waals surface area contributed by atoms with Gasteiger partial charge in [-0.2, -0.15) is 0 Å². The predicted molar refractivity (Wildman–Crippen MR) is 543 cm³/mol. The number of aromatic carboxylic acids is 4. The van der Waals surface area contributed by atoms with Crippen LogP contribution in [0.4, 0.5) is 22.7 Å². The third-order valence-corrected chi connectivity index (χ3v) is 28.0. The highest BCUT2D eigenvalue weighted by Gasteiger charge is 2.36. The molecule has 17 rings (SSSR count). The first kappa shape index (κ1) is 95.8. The number of carbonyl (C=O) groups excluding carboxylic acids is 4. The van der Waals surface area contributed by atoms with Gasteiger partial charge >= 0.3 is 23.9 Å². The Morgan fingerprint density at radius 1 is 0.232 bits per heavy atom. The lowest BCUT2D eigenvalue weighted by atomic mass is 10.0. The molecule has 0 aliphatic rings. The van der Waals surface area contributed by atoms with Crippen LogP contribution in [0, 0.1) is 23.7 Å². The first-order valence-corrected chi connectivity index (χ1v) is 47.0. The van der Waals surface area contributed by atoms with Crippen molar-refractivity contribution >= 4 is 116 Å². The standard InChI is InChI=1S/C60H41N2O11P.C55H39N2O10P/c63-43-28-31-52(60(68)69)54(36-43)58(65)62-41-15-10-17-44(34-41)71-46-19-12-20-47(37-46)72-48-29-32-56(74(70,49-21-6-2-7-22-49)50-23-8-3-9-24-50)55(38-48)73-45-18-11-16-42(35-45)61-57(64)53-33-40(27-30-51(53)59(66)67)26-25-39-13-4-1-5-14-39;1-65-40-26-29-47(55(62)63)49(34-40)53(59)57-39-16-12-18-42(33-39)67-50-35-43(27-30-51(50)68(64,44-19-7-3-8-20-44)45-21-9-4-10-22-45)66-41-17-11-15-38(32-41)56-52(58)48-31-37(25-28-46(48)54(60)61)24-23-36-13-5-2-6-14-36/h1-24,27-38,63H,(H,61,64)(H,62,65)(H,66,67)(H,68,69);2-22,25-35H,1H3,(H,56,58)(H,57,59)(H,60,61)(H,62,63). The van der Waals surface area contributed by atoms with Gasteiger partial charge < -0.3 is 84.4 Å². The highest BCUT2D eigenvalue weighted by molar-refractivity contribution is 7.86. The fourth-order valence-electron chi connectivity index (χ4n) is 15.1. The number of nitrogens with one attached hydrogen (secondary N) is 4. The zero-order valence-electron chi connectivity index (χ0n) is 74.9. The molecule has 17 aromatic rings. The largest absolute Gasteiger partial charge is 0.508 e. The maximum absolute atomic E-state index is 15.8. The number of hydrogen-bond acceptors (Lipinski definition) is 17. The van der Waals surface area contributed by atoms with E-state index in [2.05, 4.69) is 44.9 Å². The minimum atomic E-state index is -3.66. The summed E-state index contributed by atoms with van der Waals surface area (Å²) in [6.07, 6.45) is 0. The lowest BCUT2D eigenvalue weighted by Gasteiger charge is -2.23. The fourth-order valence-corrected chi connectivity index (χ4v) is 20.6. The Labute approximate surface area is 813 Å². The van der Waals surface area contributed by atoms with Gasteiger partial charge in [0, 0.05) is 109 Å². The van der Waals surface area contributed by atoms with Crippen molar-refractivity contribution in [3.63, 3.8) is 0 Å². The van der Waals surface area contributed by atoms with Gasteiger partial charge in [-0.1, -0.05) is 212 Å². The number of phenolic OH excluding ortho intramolecular Hbond substituents is 1. The van der Waals surface area contributed by atoms with E-state index in [4.69, 9.17) is 28.4 Å². The molecule has 0 unspecified atom stereocenters. The zero-order valence-corrected chi connectivity index (χ0v) is 76.7. The third kappa shape index (κ3) is 23.2. The van der Waals surface area contributed by atoms with Crippen molar-refractivity contribution < 1.29 is 101 Å². The van der Waals surface area contributed by atoms with E-state index in [1.54, 1.807) is 243 Å². The Kier molecular flexibility index (Phi) is 29.7. The average Bonchev–Trinajstić information content (AvgIpc) is 0.753. The number of anilines is 4. The van der Waals surface area contributed by atoms with E-state index in [0.29, 0.717) is 88.8 Å². The Hall–Kier alpha value is -19.3. The molecule has 9 N–H and O–H groups in total. The van der Waals surface area contributed by atoms with Crippen molar-refractivity contribution in [2.75, 3.05) is 28.4 Å². The van der Waals surface area contributed by atoms with Crippen molar-refractivity contribution in [2.24, 2.45) is 0 Å². The quantitative estimate of drug-likeness (QED) is 0.0155. The smallest absolute Gasteiger partial charge is 0.336 e. The number of amides is 4. The minimum absolute atomic E-state index is 0.0868. The predicted octanol–water partition coefficient (Wildman–Crippen LogP) is 21.9. The molecule has 0 aromatic heterocycles. The van der Waals surface area contributed by atoms with Crippen LogP contribution >= 0.6 is 14.3 Å². The lowest BCUT2D eigenvalue weighted by molar-refractivity contribution is 0.0683. The van der Waals surface area contributed by atoms with Crippen LogP contribution in [0.2, 0.25) is 0 Å². The van der Waals surface area contributed by atoms with Gasteiger partial charge in [0.2, 0.25) is 0 Å². The van der Waals surface area contributed by atoms with Crippen molar-refractivity contribution in [1.29, 1.82) is 0 Å². The Morgan fingerprint density at radius 3 is 0.817 bits per heavy atom. The highest BCUT2D eigenvalue weighted by Crippen LogP contribution is 2.50. The molecule has 0 aliphatic carbocycles. The Balaban J connectivity index is 0.000000205. The maximum Gasteiger partial charge on any atom is 0.336 e. The van der Waals surface area contributed by atoms with Gasteiger partial charge in [-0.3, -0.25) is 19.2 Å². The van der Waals surface area contributed by atoms with E-state index in [1.165, 1.54) is 55.6 Å². The van der Waals surface area contributed by atoms with E-state index in [9.17, 15) is 63.9 Å². The van der Waals surface area contributed by atoms with Gasteiger partial charge in [0.05, 0.1) is 62.2 Å². The summed E-state index contributed by atoms with van der Waals surface area (Å²) in [7, 11) is -5.91. The summed E-state index contributed by atoms with van der Waals surface area (Å²) in [6.45, 7) is 0. The SMILES string of the molecule is COc1ccc(C(=O)O)c(C(=O)Nc2cccc(Oc3cc(Oc4cccc(NC(=O)c5cc(C#Cc6ccccc6)ccc5C(=O)O)c4)ccc3P(=O)(c3ccccc3)c3ccccc3)c2)c1.O=C(O)c1ccc(O)cc1C(=O)Nc1cccc(Oc2cccc(Oc3ccc(P(=O)(c4ccccc4)c4ccccc4)c(Oc4cccc(NC(=O)c5cc(C#Cc6ccccc6)ccc5C(=O)O)c4)c3)c2)c1. The minimum Gasteiger partial charge on any atom is -0.508 e. The zero-order chi connectivity index (χ0) is 99.2. The van der Waals surface area contributed by atoms with Crippen molar-refractivity contribution in [1.82, 2.24) is 0 Å². The maximum atomic E-state index is 15.8. The molecule has 27 heteroatoms. The molecule has 0 spiro atoms. The van der Waals surface area contributed by atoms with Gasteiger partial charge in [0.25, 0.3) is 23.6 Å². The number of ether oxygens (including phenoxy) is 6. The second-order valence-electron chi connectivity index (χ2n) is 31.3. The molecule has 0 bridgehead atoms. The van der Waals surface area contributed by atoms with Crippen LogP contribution in [-0.2, 0) is 9.13 Å². The highest BCUT2D eigenvalue weighted by atomic mass is 31.2. The molecule has 0 heterocycles. The van der Waals surface area contributed by atoms with Gasteiger partial charge in [-0.25, -0.2) is 19.2 Å². The van der Waals surface area contributed by atoms with Gasteiger partial charge in [0.1, 0.15) is 69.0 Å². The summed E-state index contributed by atoms with van der Waals surface area (Å²) < 4.78 is 68.9. The number of carboxylic acids is 4. The summed E-state index contributed by atoms with van der Waals surface area (Å²) >= 11 is 0. The van der Waals surface area contributed by atoms with E-state index < -0.39 is 61.8 Å². The molecule has 0 saturated carbocycles. The molecule has 25 nitrogen and oxygen atoms in total. The first-order chi connectivity index (χ1) is 68.9. The van der Waals surface area contributed by atoms with Gasteiger partial charge in [-0.15, -0.1) is 0 Å². The van der Waals surface area contributed by atoms with Crippen LogP contribution < -0.4 is 81.5 Å². The number of benzene rings is 17. The van der Waals surface area contributed by atoms with Crippen LogP contribution in [0.5, 0.6) is 69.0 Å². The van der Waals surface area contributed by atoms with Crippen molar-refractivity contribution in [3.05, 3.63) is 479 Å². The average molecular weight is 1920 g/mol. The molecule has 0 radical (unpaired) electrons. The normalized spacial score (nSPS) is 10.7. The third-order valence-electron chi connectivity index (χ3n) is 21.8. The molecule has 0 aliphatic heterocycles. The van der Waals surface area contributed by atoms with Gasteiger partial charge in [-0.05, 0) is 182 Å². The van der Waals surface area contributed by atoms with Gasteiger partial charge in [0.15, 0.2) is 14.3 Å². The Bertz CT molecular complexity index is 7860. The number of phenols is 1. The molecule has 17 aromatic carbocycles. The van der Waals surface area contributed by atoms with Crippen molar-refractivity contribution in [3.8, 4) is 92.7 Å². The number of rotatable bonds is 29. The van der Waals surface area contributed by atoms with Crippen LogP contribution in [0.15, 0.2) is 413 Å². The number of carbonyl (C=O) groups is 8. The molecule has 0 saturated heterocycles. The monoisotopic (exact) mass is 1910 g/mol. The summed E-state index contributed by atoms with van der Waals surface area (Å²) in [5.41, 5.74) is 2.12. The summed E-state index contributed by atoms with van der Waals surface area (Å²) in [6, 6.07) is 113. The number of aromatic hydroxyl groups is 1. The summed E-state index contributed by atoms with van der Waals surface area (Å²) in [4.78, 5) is 102. The van der Waals surface area contributed by atoms with E-state index in [1.807, 2.05) is 109 Å². The molecule has 0 fully saturated rings. The summed E-state index contributed by atoms with van der Waals surface area (Å²) in [5, 5.41) is 63.1. The second kappa shape index (κ2) is 44.0. The van der Waals surface area contributed by atoms with Crippen LogP contribution in [0.1, 0.15) is 105 Å². The van der Waals surface area contributed by atoms with Crippen LogP contribution in [0.3, 0.4) is 0 Å². The summed E-state index contributed by atoms with van der Waals surface area (Å²) in [5.74, 6) is 6.77. The second-order valence-corrected chi connectivity index (χ2v) is 36.8. The molecule has 696 valence electrons. The number of methoxy groups -OCH3 is 1. The number of hydrogen-bond donors (Lipinski definition) is 9. The van der Waals surface area contributed by atoms with E-state index >= 15 is 9.13 Å². The molecule has 4 amide bonds. The molecular formula is C115H80N4O21P2. The van der Waals surface area contributed by atoms with E-state index in [0.717, 1.165) is 23.3 Å². The molecule has 0 atom stereocenters. The molecular weight excluding hydrogens is 1840 g/mol. The molecule has 142 heavy (non-hydrogen) atoms. The number of carboxylic acid groups (broad SMARTS) is 4. The Morgan fingerprint density at radius 2 is 0.493 bits per heavy atom. The van der Waals surface area contributed by atoms with E-state index in [-0.39, 0.29) is 90.4 Å². The van der Waals surface area contributed by atoms with Crippen LogP contribution in [-0.4, -0.2) is 80.1 Å². The van der Waals surface area contributed by atoms with Crippen molar-refractivity contribution in [2.45, 2.75) is 0 Å². The first-order valence-electron chi connectivity index (χ1n) is 43.6. The van der Waals surface area contributed by atoms with Crippen LogP contribution in [0.25, 0.3) is 0 Å². The fraction of sp³-hybridized carbons (Fsp3) is 0.00870. The lowest BCUT2D eigenvalue weighted by Crippen LogP contribution is -2.26. The topological polar surface area (TPSA) is 375 Å².